The zero-order chi connectivity index (χ0) is 19.2. The summed E-state index contributed by atoms with van der Waals surface area (Å²) in [7, 11) is 2.15. The maximum Gasteiger partial charge on any atom is 0.311 e. The van der Waals surface area contributed by atoms with Crippen molar-refractivity contribution in [1.82, 2.24) is 9.80 Å². The van der Waals surface area contributed by atoms with Crippen LogP contribution < -0.4 is 4.74 Å². The average molecular weight is 369 g/mol. The van der Waals surface area contributed by atoms with Crippen molar-refractivity contribution in [2.24, 2.45) is 0 Å². The summed E-state index contributed by atoms with van der Waals surface area (Å²) in [6.45, 7) is 7.43. The Morgan fingerprint density at radius 1 is 1.07 bits per heavy atom. The number of likely N-dealkylation sites (N-methyl/N-ethyl adjacent to an activating group) is 1. The number of hydrogen-bond acceptors (Lipinski definition) is 5. The second-order valence-electron chi connectivity index (χ2n) is 7.22. The van der Waals surface area contributed by atoms with Crippen molar-refractivity contribution in [3.8, 4) is 11.5 Å². The lowest BCUT2D eigenvalue weighted by Gasteiger charge is -2.32. The SMILES string of the molecule is Cc1ccc(Oc2ccc(CCCN3CCN(C)CC3)cc2[N+](=O)[O-])cc1. The Bertz CT molecular complexity index is 769. The highest BCUT2D eigenvalue weighted by atomic mass is 16.6. The summed E-state index contributed by atoms with van der Waals surface area (Å²) in [4.78, 5) is 15.9. The Balaban J connectivity index is 1.61. The molecule has 1 fully saturated rings. The van der Waals surface area contributed by atoms with Gasteiger partial charge in [0.15, 0.2) is 0 Å². The third-order valence-corrected chi connectivity index (χ3v) is 5.00. The van der Waals surface area contributed by atoms with Crippen molar-refractivity contribution in [2.45, 2.75) is 19.8 Å². The number of aryl methyl sites for hydroxylation is 2. The average Bonchev–Trinajstić information content (AvgIpc) is 2.66. The maximum atomic E-state index is 11.5. The number of nitrogens with zero attached hydrogens (tertiary/aromatic N) is 3. The molecular weight excluding hydrogens is 342 g/mol. The lowest BCUT2D eigenvalue weighted by atomic mass is 10.1. The molecule has 0 spiro atoms. The van der Waals surface area contributed by atoms with Crippen LogP contribution in [0.25, 0.3) is 0 Å². The normalized spacial score (nSPS) is 15.6. The van der Waals surface area contributed by atoms with E-state index >= 15 is 0 Å². The molecule has 3 rings (SSSR count). The van der Waals surface area contributed by atoms with Gasteiger partial charge in [-0.05, 0) is 57.1 Å². The number of hydrogen-bond donors (Lipinski definition) is 0. The van der Waals surface area contributed by atoms with Crippen LogP contribution in [0.2, 0.25) is 0 Å². The van der Waals surface area contributed by atoms with Gasteiger partial charge in [-0.15, -0.1) is 0 Å². The van der Waals surface area contributed by atoms with Gasteiger partial charge in [-0.2, -0.15) is 0 Å². The number of ether oxygens (including phenoxy) is 1. The van der Waals surface area contributed by atoms with Gasteiger partial charge in [0, 0.05) is 32.2 Å². The van der Waals surface area contributed by atoms with Crippen molar-refractivity contribution in [2.75, 3.05) is 39.8 Å². The summed E-state index contributed by atoms with van der Waals surface area (Å²) in [5, 5.41) is 11.5. The second-order valence-corrected chi connectivity index (χ2v) is 7.22. The van der Waals surface area contributed by atoms with Crippen LogP contribution in [0.1, 0.15) is 17.5 Å². The quantitative estimate of drug-likeness (QED) is 0.548. The molecule has 1 heterocycles. The van der Waals surface area contributed by atoms with Gasteiger partial charge in [0.25, 0.3) is 0 Å². The molecule has 0 radical (unpaired) electrons. The van der Waals surface area contributed by atoms with E-state index in [-0.39, 0.29) is 16.4 Å². The minimum Gasteiger partial charge on any atom is -0.450 e. The largest absolute Gasteiger partial charge is 0.450 e. The summed E-state index contributed by atoms with van der Waals surface area (Å²) in [6, 6.07) is 12.8. The molecule has 6 nitrogen and oxygen atoms in total. The Labute approximate surface area is 160 Å². The predicted octanol–water partition coefficient (Wildman–Crippen LogP) is 3.88. The number of benzene rings is 2. The van der Waals surface area contributed by atoms with Crippen molar-refractivity contribution >= 4 is 5.69 Å². The fourth-order valence-corrected chi connectivity index (χ4v) is 3.26. The zero-order valence-electron chi connectivity index (χ0n) is 16.1. The fourth-order valence-electron chi connectivity index (χ4n) is 3.26. The molecule has 0 amide bonds. The molecular formula is C21H27N3O3. The molecule has 0 aliphatic carbocycles. The topological polar surface area (TPSA) is 58.8 Å². The molecule has 2 aromatic rings. The van der Waals surface area contributed by atoms with Gasteiger partial charge in [0.2, 0.25) is 5.75 Å². The Hall–Kier alpha value is -2.44. The molecule has 0 saturated carbocycles. The fraction of sp³-hybridized carbons (Fsp3) is 0.429. The van der Waals surface area contributed by atoms with E-state index in [4.69, 9.17) is 4.74 Å². The monoisotopic (exact) mass is 369 g/mol. The van der Waals surface area contributed by atoms with Crippen LogP contribution in [0.15, 0.2) is 42.5 Å². The van der Waals surface area contributed by atoms with Crippen molar-refractivity contribution in [3.05, 3.63) is 63.7 Å². The molecule has 2 aromatic carbocycles. The minimum atomic E-state index is -0.368. The van der Waals surface area contributed by atoms with Gasteiger partial charge in [-0.1, -0.05) is 23.8 Å². The first-order valence-electron chi connectivity index (χ1n) is 9.44. The summed E-state index contributed by atoms with van der Waals surface area (Å²) in [5.74, 6) is 0.887. The summed E-state index contributed by atoms with van der Waals surface area (Å²) in [5.41, 5.74) is 2.12. The van der Waals surface area contributed by atoms with E-state index in [1.807, 2.05) is 37.3 Å². The minimum absolute atomic E-state index is 0.0210. The third kappa shape index (κ3) is 5.52. The first kappa shape index (κ1) is 19.3. The van der Waals surface area contributed by atoms with E-state index in [2.05, 4.69) is 16.8 Å². The predicted molar refractivity (Wildman–Crippen MR) is 107 cm³/mol. The van der Waals surface area contributed by atoms with Crippen molar-refractivity contribution in [1.29, 1.82) is 0 Å². The Morgan fingerprint density at radius 3 is 2.44 bits per heavy atom. The van der Waals surface area contributed by atoms with Gasteiger partial charge in [0.1, 0.15) is 5.75 Å². The molecule has 0 bridgehead atoms. The van der Waals surface area contributed by atoms with Gasteiger partial charge >= 0.3 is 5.69 Å². The highest BCUT2D eigenvalue weighted by molar-refractivity contribution is 5.50. The molecule has 144 valence electrons. The Morgan fingerprint density at radius 2 is 1.78 bits per heavy atom. The van der Waals surface area contributed by atoms with E-state index in [1.54, 1.807) is 12.1 Å². The second kappa shape index (κ2) is 8.97. The van der Waals surface area contributed by atoms with Gasteiger partial charge in [-0.25, -0.2) is 0 Å². The molecule has 0 aromatic heterocycles. The van der Waals surface area contributed by atoms with Crippen LogP contribution in [-0.2, 0) is 6.42 Å². The lowest BCUT2D eigenvalue weighted by molar-refractivity contribution is -0.385. The highest BCUT2D eigenvalue weighted by Crippen LogP contribution is 2.32. The number of nitro groups is 1. The molecule has 6 heteroatoms. The standard InChI is InChI=1S/C21H27N3O3/c1-17-5-8-19(9-6-17)27-21-10-7-18(16-20(21)24(25)26)4-3-11-23-14-12-22(2)13-15-23/h5-10,16H,3-4,11-15H2,1-2H3. The summed E-state index contributed by atoms with van der Waals surface area (Å²) >= 11 is 0. The van der Waals surface area contributed by atoms with E-state index in [1.165, 1.54) is 0 Å². The van der Waals surface area contributed by atoms with Gasteiger partial charge < -0.3 is 14.5 Å². The summed E-state index contributed by atoms with van der Waals surface area (Å²) in [6.07, 6.45) is 1.83. The number of rotatable bonds is 7. The van der Waals surface area contributed by atoms with Gasteiger partial charge in [0.05, 0.1) is 4.92 Å². The van der Waals surface area contributed by atoms with E-state index in [0.29, 0.717) is 5.75 Å². The van der Waals surface area contributed by atoms with Crippen molar-refractivity contribution in [3.63, 3.8) is 0 Å². The molecule has 1 aliphatic heterocycles. The zero-order valence-corrected chi connectivity index (χ0v) is 16.1. The van der Waals surface area contributed by atoms with E-state index in [9.17, 15) is 10.1 Å². The molecule has 0 N–H and O–H groups in total. The van der Waals surface area contributed by atoms with Crippen LogP contribution in [0, 0.1) is 17.0 Å². The summed E-state index contributed by atoms with van der Waals surface area (Å²) < 4.78 is 5.74. The molecule has 1 aliphatic rings. The first-order chi connectivity index (χ1) is 13.0. The van der Waals surface area contributed by atoms with Gasteiger partial charge in [-0.3, -0.25) is 10.1 Å². The van der Waals surface area contributed by atoms with Crippen LogP contribution in [0.4, 0.5) is 5.69 Å². The number of piperazine rings is 1. The van der Waals surface area contributed by atoms with E-state index < -0.39 is 0 Å². The molecule has 27 heavy (non-hydrogen) atoms. The van der Waals surface area contributed by atoms with Crippen LogP contribution in [-0.4, -0.2) is 54.5 Å². The van der Waals surface area contributed by atoms with E-state index in [0.717, 1.165) is 56.7 Å². The highest BCUT2D eigenvalue weighted by Gasteiger charge is 2.17. The molecule has 0 atom stereocenters. The van der Waals surface area contributed by atoms with Crippen LogP contribution in [0.5, 0.6) is 11.5 Å². The van der Waals surface area contributed by atoms with Crippen LogP contribution >= 0.6 is 0 Å². The van der Waals surface area contributed by atoms with Crippen LogP contribution in [0.3, 0.4) is 0 Å². The number of nitro benzene ring substituents is 1. The maximum absolute atomic E-state index is 11.5. The lowest BCUT2D eigenvalue weighted by Crippen LogP contribution is -2.44. The third-order valence-electron chi connectivity index (χ3n) is 5.00. The smallest absolute Gasteiger partial charge is 0.311 e. The molecule has 0 unspecified atom stereocenters. The Kier molecular flexibility index (Phi) is 6.42. The molecule has 1 saturated heterocycles. The van der Waals surface area contributed by atoms with Crippen molar-refractivity contribution < 1.29 is 9.66 Å². The first-order valence-corrected chi connectivity index (χ1v) is 9.44.